The van der Waals surface area contributed by atoms with Crippen LogP contribution in [0, 0.1) is 0 Å². The molecule has 0 aromatic heterocycles. The molecule has 0 spiro atoms. The van der Waals surface area contributed by atoms with E-state index in [4.69, 9.17) is 18.7 Å². The zero-order valence-electron chi connectivity index (χ0n) is 27.6. The van der Waals surface area contributed by atoms with Crippen molar-refractivity contribution >= 4 is 25.5 Å². The minimum atomic E-state index is -3.44. The zero-order valence-corrected chi connectivity index (χ0v) is 28.5. The summed E-state index contributed by atoms with van der Waals surface area (Å²) in [5.41, 5.74) is -2.37. The Balaban J connectivity index is 3.27. The smallest absolute Gasteiger partial charge is 0.419 e. The van der Waals surface area contributed by atoms with E-state index in [1.807, 2.05) is 0 Å². The molecule has 10 nitrogen and oxygen atoms in total. The molecule has 1 saturated heterocycles. The van der Waals surface area contributed by atoms with E-state index in [2.05, 4.69) is 11.8 Å². The van der Waals surface area contributed by atoms with Gasteiger partial charge in [0.1, 0.15) is 16.8 Å². The van der Waals surface area contributed by atoms with Gasteiger partial charge in [0, 0.05) is 25.8 Å². The van der Waals surface area contributed by atoms with Crippen LogP contribution in [0.4, 0.5) is 9.59 Å². The predicted octanol–water partition coefficient (Wildman–Crippen LogP) is 7.23. The standard InChI is InChI=1S/C30H57N2O8P/c1-12-14-16-19-31-21-22-41(36,37-13-2)30(23-31,24(33)38-27(3,4)5)18-15-17-20-32(25(34)39-28(6,7)8)26(35)40-29(9,10)11/h12-23H2,1-11H3. The van der Waals surface area contributed by atoms with Gasteiger partial charge in [0.15, 0.2) is 5.16 Å². The van der Waals surface area contributed by atoms with E-state index in [1.165, 1.54) is 0 Å². The van der Waals surface area contributed by atoms with Crippen molar-refractivity contribution in [2.45, 2.75) is 137 Å². The molecule has 11 heteroatoms. The van der Waals surface area contributed by atoms with Crippen LogP contribution in [0.5, 0.6) is 0 Å². The number of ether oxygens (including phenoxy) is 3. The Morgan fingerprint density at radius 1 is 0.805 bits per heavy atom. The third-order valence-corrected chi connectivity index (χ3v) is 9.81. The topological polar surface area (TPSA) is 112 Å². The van der Waals surface area contributed by atoms with Crippen LogP contribution in [0.1, 0.15) is 115 Å². The van der Waals surface area contributed by atoms with Gasteiger partial charge in [-0.25, -0.2) is 14.5 Å². The lowest BCUT2D eigenvalue weighted by atomic mass is 9.98. The summed E-state index contributed by atoms with van der Waals surface area (Å²) in [6.45, 7) is 21.6. The summed E-state index contributed by atoms with van der Waals surface area (Å²) in [7, 11) is -3.44. The van der Waals surface area contributed by atoms with E-state index in [0.29, 0.717) is 19.4 Å². The zero-order chi connectivity index (χ0) is 31.7. The van der Waals surface area contributed by atoms with Crippen molar-refractivity contribution in [3.63, 3.8) is 0 Å². The first-order valence-electron chi connectivity index (χ1n) is 15.1. The number of carbonyl (C=O) groups is 3. The molecular weight excluding hydrogens is 547 g/mol. The maximum atomic E-state index is 14.4. The minimum Gasteiger partial charge on any atom is -0.459 e. The molecule has 2 amide bonds. The van der Waals surface area contributed by atoms with Crippen LogP contribution < -0.4 is 0 Å². The highest BCUT2D eigenvalue weighted by Crippen LogP contribution is 2.63. The second-order valence-electron chi connectivity index (χ2n) is 13.9. The van der Waals surface area contributed by atoms with Gasteiger partial charge in [-0.1, -0.05) is 19.8 Å². The molecule has 1 aliphatic rings. The summed E-state index contributed by atoms with van der Waals surface area (Å²) in [6.07, 6.45) is 2.81. The fraction of sp³-hybridized carbons (Fsp3) is 0.900. The minimum absolute atomic E-state index is 0.0212. The van der Waals surface area contributed by atoms with Crippen molar-refractivity contribution in [3.8, 4) is 0 Å². The number of carbonyl (C=O) groups excluding carboxylic acids is 3. The summed E-state index contributed by atoms with van der Waals surface area (Å²) >= 11 is 0. The molecule has 0 aromatic rings. The van der Waals surface area contributed by atoms with Crippen LogP contribution in [0.3, 0.4) is 0 Å². The molecule has 0 saturated carbocycles. The Kier molecular flexibility index (Phi) is 13.9. The third-order valence-electron chi connectivity index (χ3n) is 6.49. The number of rotatable bonds is 12. The second kappa shape index (κ2) is 15.2. The van der Waals surface area contributed by atoms with Gasteiger partial charge in [-0.05, 0) is 101 Å². The maximum Gasteiger partial charge on any atom is 0.419 e. The number of unbranched alkanes of at least 4 members (excludes halogenated alkanes) is 3. The van der Waals surface area contributed by atoms with Crippen LogP contribution >= 0.6 is 7.37 Å². The van der Waals surface area contributed by atoms with Crippen molar-refractivity contribution < 1.29 is 37.7 Å². The largest absolute Gasteiger partial charge is 0.459 e. The van der Waals surface area contributed by atoms with Crippen molar-refractivity contribution in [2.75, 3.05) is 38.9 Å². The highest BCUT2D eigenvalue weighted by molar-refractivity contribution is 7.62. The van der Waals surface area contributed by atoms with Crippen LogP contribution in [-0.4, -0.2) is 88.9 Å². The van der Waals surface area contributed by atoms with Gasteiger partial charge in [-0.15, -0.1) is 0 Å². The van der Waals surface area contributed by atoms with Crippen molar-refractivity contribution in [2.24, 2.45) is 0 Å². The molecular formula is C30H57N2O8P. The molecule has 0 radical (unpaired) electrons. The first kappa shape index (κ1) is 37.4. The Labute approximate surface area is 248 Å². The first-order valence-corrected chi connectivity index (χ1v) is 16.9. The summed E-state index contributed by atoms with van der Waals surface area (Å²) in [5.74, 6) is -0.516. The highest BCUT2D eigenvalue weighted by Gasteiger charge is 2.59. The van der Waals surface area contributed by atoms with Gasteiger partial charge < -0.3 is 23.6 Å². The molecule has 41 heavy (non-hydrogen) atoms. The Morgan fingerprint density at radius 2 is 1.34 bits per heavy atom. The summed E-state index contributed by atoms with van der Waals surface area (Å²) in [5, 5.41) is -1.34. The highest BCUT2D eigenvalue weighted by atomic mass is 31.2. The van der Waals surface area contributed by atoms with Crippen molar-refractivity contribution in [3.05, 3.63) is 0 Å². The molecule has 0 aliphatic carbocycles. The Hall–Kier alpha value is -1.64. The fourth-order valence-electron chi connectivity index (χ4n) is 4.72. The summed E-state index contributed by atoms with van der Waals surface area (Å²) in [4.78, 5) is 42.9. The molecule has 240 valence electrons. The average molecular weight is 605 g/mol. The number of amides is 2. The van der Waals surface area contributed by atoms with Gasteiger partial charge >= 0.3 is 18.2 Å². The predicted molar refractivity (Wildman–Crippen MR) is 162 cm³/mol. The van der Waals surface area contributed by atoms with Crippen LogP contribution in [0.15, 0.2) is 0 Å². The summed E-state index contributed by atoms with van der Waals surface area (Å²) in [6, 6.07) is 0. The van der Waals surface area contributed by atoms with E-state index >= 15 is 0 Å². The van der Waals surface area contributed by atoms with Crippen LogP contribution in [-0.2, 0) is 28.1 Å². The van der Waals surface area contributed by atoms with Crippen LogP contribution in [0.25, 0.3) is 0 Å². The molecule has 2 atom stereocenters. The van der Waals surface area contributed by atoms with E-state index in [1.54, 1.807) is 69.2 Å². The number of esters is 1. The van der Waals surface area contributed by atoms with E-state index in [0.717, 1.165) is 30.7 Å². The average Bonchev–Trinajstić information content (AvgIpc) is 2.77. The maximum absolute atomic E-state index is 14.4. The molecule has 1 aliphatic heterocycles. The second-order valence-corrected chi connectivity index (χ2v) is 16.8. The quantitative estimate of drug-likeness (QED) is 0.0985. The fourth-order valence-corrected chi connectivity index (χ4v) is 7.73. The van der Waals surface area contributed by atoms with Gasteiger partial charge in [0.05, 0.1) is 6.61 Å². The molecule has 1 rings (SSSR count). The lowest BCUT2D eigenvalue weighted by Crippen LogP contribution is -2.56. The number of imide groups is 1. The lowest BCUT2D eigenvalue weighted by molar-refractivity contribution is -0.160. The van der Waals surface area contributed by atoms with E-state index in [9.17, 15) is 18.9 Å². The SMILES string of the molecule is CCCCCN1CCP(=O)(OCC)C(CCCCN(C(=O)OC(C)(C)C)C(=O)OC(C)(C)C)(C(=O)OC(C)(C)C)C1. The number of nitrogens with zero attached hydrogens (tertiary/aromatic N) is 2. The summed E-state index contributed by atoms with van der Waals surface area (Å²) < 4.78 is 37.2. The van der Waals surface area contributed by atoms with E-state index in [-0.39, 0.29) is 32.3 Å². The molecule has 0 aromatic carbocycles. The van der Waals surface area contributed by atoms with E-state index < -0.39 is 47.5 Å². The molecule has 2 unspecified atom stereocenters. The molecule has 0 N–H and O–H groups in total. The number of hydrogen-bond donors (Lipinski definition) is 0. The van der Waals surface area contributed by atoms with Gasteiger partial charge in [0.25, 0.3) is 0 Å². The van der Waals surface area contributed by atoms with Gasteiger partial charge in [-0.2, -0.15) is 0 Å². The van der Waals surface area contributed by atoms with Gasteiger partial charge in [0.2, 0.25) is 7.37 Å². The Bertz CT molecular complexity index is 891. The first-order chi connectivity index (χ1) is 18.7. The number of hydrogen-bond acceptors (Lipinski definition) is 9. The third kappa shape index (κ3) is 12.2. The van der Waals surface area contributed by atoms with Crippen molar-refractivity contribution in [1.29, 1.82) is 0 Å². The molecule has 1 fully saturated rings. The monoisotopic (exact) mass is 604 g/mol. The van der Waals surface area contributed by atoms with Crippen LogP contribution in [0.2, 0.25) is 0 Å². The normalized spacial score (nSPS) is 22.2. The lowest BCUT2D eigenvalue weighted by Gasteiger charge is -2.46. The molecule has 1 heterocycles. The van der Waals surface area contributed by atoms with Crippen molar-refractivity contribution in [1.82, 2.24) is 9.80 Å². The van der Waals surface area contributed by atoms with Gasteiger partial charge in [-0.3, -0.25) is 9.36 Å². The Morgan fingerprint density at radius 3 is 1.80 bits per heavy atom. The molecule has 0 bridgehead atoms.